The molecule has 1 aromatic carbocycles. The Morgan fingerprint density at radius 1 is 1.18 bits per heavy atom. The first kappa shape index (κ1) is 15.0. The Hall–Kier alpha value is -1.88. The van der Waals surface area contributed by atoms with Crippen molar-refractivity contribution in [1.82, 2.24) is 4.90 Å². The number of carbonyl (C=O) groups excluding carboxylic acids is 2. The van der Waals surface area contributed by atoms with Gasteiger partial charge in [0.2, 0.25) is 0 Å². The number of methoxy groups -OCH3 is 2. The Labute approximate surface area is 130 Å². The number of nitrogens with zero attached hydrogens (tertiary/aromatic N) is 1. The van der Waals surface area contributed by atoms with Crippen LogP contribution in [-0.4, -0.2) is 49.7 Å². The lowest BCUT2D eigenvalue weighted by molar-refractivity contribution is -0.163. The summed E-state index contributed by atoms with van der Waals surface area (Å²) in [7, 11) is 2.77. The fourth-order valence-corrected chi connectivity index (χ4v) is 4.20. The lowest BCUT2D eigenvalue weighted by Crippen LogP contribution is -2.53. The molecule has 3 rings (SSSR count). The molecular weight excluding hydrogens is 282 g/mol. The number of carbonyl (C=O) groups is 2. The van der Waals surface area contributed by atoms with Crippen LogP contribution in [0.3, 0.4) is 0 Å². The van der Waals surface area contributed by atoms with Crippen LogP contribution in [0.1, 0.15) is 24.3 Å². The molecule has 5 heteroatoms. The summed E-state index contributed by atoms with van der Waals surface area (Å²) < 4.78 is 10.1. The first-order valence-electron chi connectivity index (χ1n) is 7.61. The van der Waals surface area contributed by atoms with E-state index in [0.29, 0.717) is 13.0 Å². The number of benzene rings is 1. The molecule has 0 bridgehead atoms. The number of hydrogen-bond acceptors (Lipinski definition) is 5. The van der Waals surface area contributed by atoms with Gasteiger partial charge in [0.05, 0.1) is 20.1 Å². The van der Waals surface area contributed by atoms with Crippen molar-refractivity contribution in [2.75, 3.05) is 27.3 Å². The first-order valence-corrected chi connectivity index (χ1v) is 7.61. The Morgan fingerprint density at radius 3 is 2.55 bits per heavy atom. The zero-order valence-electron chi connectivity index (χ0n) is 13.0. The molecule has 0 amide bonds. The molecule has 2 saturated heterocycles. The summed E-state index contributed by atoms with van der Waals surface area (Å²) in [5, 5.41) is 0. The molecular formula is C17H21NO4. The molecule has 0 saturated carbocycles. The van der Waals surface area contributed by atoms with Crippen LogP contribution < -0.4 is 0 Å². The highest BCUT2D eigenvalue weighted by atomic mass is 16.5. The topological polar surface area (TPSA) is 55.8 Å². The van der Waals surface area contributed by atoms with E-state index < -0.39 is 11.5 Å². The van der Waals surface area contributed by atoms with E-state index in [2.05, 4.69) is 4.90 Å². The van der Waals surface area contributed by atoms with Crippen LogP contribution in [-0.2, 0) is 19.1 Å². The van der Waals surface area contributed by atoms with E-state index in [1.807, 2.05) is 30.3 Å². The van der Waals surface area contributed by atoms with Gasteiger partial charge in [-0.05, 0) is 24.9 Å². The normalized spacial score (nSPS) is 30.8. The highest BCUT2D eigenvalue weighted by Crippen LogP contribution is 2.50. The third-order valence-electron chi connectivity index (χ3n) is 5.11. The second-order valence-corrected chi connectivity index (χ2v) is 5.98. The van der Waals surface area contributed by atoms with Crippen molar-refractivity contribution in [3.05, 3.63) is 35.9 Å². The molecule has 5 nitrogen and oxygen atoms in total. The molecule has 1 aromatic rings. The minimum absolute atomic E-state index is 0.0481. The number of fused-ring (bicyclic) bond motifs is 1. The molecule has 2 aliphatic rings. The number of rotatable bonds is 3. The quantitative estimate of drug-likeness (QED) is 0.794. The zero-order chi connectivity index (χ0) is 15.7. The summed E-state index contributed by atoms with van der Waals surface area (Å²) in [6.45, 7) is 1.49. The second-order valence-electron chi connectivity index (χ2n) is 5.98. The maximum atomic E-state index is 12.6. The summed E-state index contributed by atoms with van der Waals surface area (Å²) in [4.78, 5) is 27.2. The third kappa shape index (κ3) is 2.03. The molecule has 118 valence electrons. The predicted molar refractivity (Wildman–Crippen MR) is 80.2 cm³/mol. The van der Waals surface area contributed by atoms with Crippen LogP contribution in [0.5, 0.6) is 0 Å². The van der Waals surface area contributed by atoms with E-state index in [9.17, 15) is 9.59 Å². The standard InChI is InChI=1S/C17H21NO4/c1-21-15(19)14-13(12-7-4-3-5-8-12)11-18-10-6-9-17(14,18)16(20)22-2/h3-5,7-8,13-14H,6,9-11H2,1-2H3/t13-,14+,17-/m1/s1. The average molecular weight is 303 g/mol. The van der Waals surface area contributed by atoms with Crippen molar-refractivity contribution in [3.63, 3.8) is 0 Å². The highest BCUT2D eigenvalue weighted by Gasteiger charge is 2.64. The molecule has 2 aliphatic heterocycles. The van der Waals surface area contributed by atoms with Crippen LogP contribution in [0.2, 0.25) is 0 Å². The Kier molecular flexibility index (Phi) is 3.91. The van der Waals surface area contributed by atoms with Gasteiger partial charge in [0.15, 0.2) is 0 Å². The largest absolute Gasteiger partial charge is 0.469 e. The summed E-state index contributed by atoms with van der Waals surface area (Å²) >= 11 is 0. The average Bonchev–Trinajstić information content (AvgIpc) is 3.11. The van der Waals surface area contributed by atoms with Crippen LogP contribution in [0.4, 0.5) is 0 Å². The monoisotopic (exact) mass is 303 g/mol. The van der Waals surface area contributed by atoms with Gasteiger partial charge in [-0.1, -0.05) is 30.3 Å². The van der Waals surface area contributed by atoms with Crippen molar-refractivity contribution in [2.24, 2.45) is 5.92 Å². The van der Waals surface area contributed by atoms with Crippen molar-refractivity contribution in [3.8, 4) is 0 Å². The number of ether oxygens (including phenoxy) is 2. The maximum Gasteiger partial charge on any atom is 0.327 e. The SMILES string of the molecule is COC(=O)[C@@H]1[C@@H](c2ccccc2)CN2CCC[C@]12C(=O)OC. The van der Waals surface area contributed by atoms with E-state index in [1.54, 1.807) is 0 Å². The van der Waals surface area contributed by atoms with Crippen molar-refractivity contribution in [1.29, 1.82) is 0 Å². The van der Waals surface area contributed by atoms with E-state index in [1.165, 1.54) is 14.2 Å². The number of esters is 2. The van der Waals surface area contributed by atoms with Gasteiger partial charge in [0.25, 0.3) is 0 Å². The fourth-order valence-electron chi connectivity index (χ4n) is 4.20. The molecule has 0 unspecified atom stereocenters. The minimum atomic E-state index is -0.873. The lowest BCUT2D eigenvalue weighted by atomic mass is 9.75. The summed E-state index contributed by atoms with van der Waals surface area (Å²) in [5.74, 6) is -1.22. The van der Waals surface area contributed by atoms with Crippen molar-refractivity contribution in [2.45, 2.75) is 24.3 Å². The Bertz CT molecular complexity index is 573. The number of hydrogen-bond donors (Lipinski definition) is 0. The van der Waals surface area contributed by atoms with Crippen LogP contribution >= 0.6 is 0 Å². The molecule has 3 atom stereocenters. The van der Waals surface area contributed by atoms with Gasteiger partial charge in [-0.25, -0.2) is 0 Å². The Balaban J connectivity index is 2.07. The Morgan fingerprint density at radius 2 is 1.91 bits per heavy atom. The van der Waals surface area contributed by atoms with Gasteiger partial charge in [0.1, 0.15) is 5.54 Å². The second kappa shape index (κ2) is 5.72. The van der Waals surface area contributed by atoms with Crippen molar-refractivity contribution >= 4 is 11.9 Å². The van der Waals surface area contributed by atoms with Gasteiger partial charge in [-0.2, -0.15) is 0 Å². The highest BCUT2D eigenvalue weighted by molar-refractivity contribution is 5.90. The lowest BCUT2D eigenvalue weighted by Gasteiger charge is -2.33. The predicted octanol–water partition coefficient (Wildman–Crippen LogP) is 1.58. The molecule has 0 aliphatic carbocycles. The summed E-state index contributed by atoms with van der Waals surface area (Å²) in [5.41, 5.74) is 0.193. The molecule has 0 radical (unpaired) electrons. The van der Waals surface area contributed by atoms with Crippen LogP contribution in [0, 0.1) is 5.92 Å². The van der Waals surface area contributed by atoms with Gasteiger partial charge in [-0.3, -0.25) is 14.5 Å². The molecule has 2 heterocycles. The van der Waals surface area contributed by atoms with Crippen LogP contribution in [0.25, 0.3) is 0 Å². The summed E-state index contributed by atoms with van der Waals surface area (Å²) in [6.07, 6.45) is 1.53. The molecule has 22 heavy (non-hydrogen) atoms. The van der Waals surface area contributed by atoms with E-state index in [4.69, 9.17) is 9.47 Å². The molecule has 0 aromatic heterocycles. The summed E-state index contributed by atoms with van der Waals surface area (Å²) in [6, 6.07) is 9.88. The zero-order valence-corrected chi connectivity index (χ0v) is 13.0. The van der Waals surface area contributed by atoms with E-state index in [-0.39, 0.29) is 17.9 Å². The van der Waals surface area contributed by atoms with Gasteiger partial charge >= 0.3 is 11.9 Å². The molecule has 2 fully saturated rings. The fraction of sp³-hybridized carbons (Fsp3) is 0.529. The molecule has 0 spiro atoms. The third-order valence-corrected chi connectivity index (χ3v) is 5.11. The van der Waals surface area contributed by atoms with Crippen LogP contribution in [0.15, 0.2) is 30.3 Å². The van der Waals surface area contributed by atoms with Gasteiger partial charge in [-0.15, -0.1) is 0 Å². The minimum Gasteiger partial charge on any atom is -0.469 e. The van der Waals surface area contributed by atoms with E-state index >= 15 is 0 Å². The van der Waals surface area contributed by atoms with Gasteiger partial charge < -0.3 is 9.47 Å². The van der Waals surface area contributed by atoms with E-state index in [0.717, 1.165) is 18.5 Å². The first-order chi connectivity index (χ1) is 10.6. The van der Waals surface area contributed by atoms with Gasteiger partial charge in [0, 0.05) is 12.5 Å². The van der Waals surface area contributed by atoms with Crippen molar-refractivity contribution < 1.29 is 19.1 Å². The maximum absolute atomic E-state index is 12.6. The smallest absolute Gasteiger partial charge is 0.327 e. The molecule has 0 N–H and O–H groups in total.